The predicted molar refractivity (Wildman–Crippen MR) is 114 cm³/mol. The number of hydrogen-bond acceptors (Lipinski definition) is 4. The molecule has 0 unspecified atom stereocenters. The maximum absolute atomic E-state index is 12.8. The molecule has 1 N–H and O–H groups in total. The Balaban J connectivity index is 1.89. The standard InChI is InChI=1S/C23H18N2O2S/c1-2-16-12-18-22(27)24-21-19(20(26)14-8-4-3-5-9-14)17-11-7-6-10-15(17)13-25(21)23(18)28-16/h3-12,26H,2,13H2,1H3. The average molecular weight is 386 g/mol. The van der Waals surface area contributed by atoms with Gasteiger partial charge in [0.05, 0.1) is 17.5 Å². The lowest BCUT2D eigenvalue weighted by Gasteiger charge is -2.25. The van der Waals surface area contributed by atoms with Gasteiger partial charge < -0.3 is 9.67 Å². The summed E-state index contributed by atoms with van der Waals surface area (Å²) in [5, 5.41) is 11.8. The lowest BCUT2D eigenvalue weighted by Crippen LogP contribution is -2.23. The Bertz CT molecular complexity index is 1300. The van der Waals surface area contributed by atoms with E-state index in [0.717, 1.165) is 27.3 Å². The van der Waals surface area contributed by atoms with Crippen molar-refractivity contribution in [1.29, 1.82) is 0 Å². The highest BCUT2D eigenvalue weighted by Gasteiger charge is 2.27. The van der Waals surface area contributed by atoms with Crippen LogP contribution in [-0.2, 0) is 13.0 Å². The Hall–Kier alpha value is -3.18. The van der Waals surface area contributed by atoms with Gasteiger partial charge in [-0.05, 0) is 23.6 Å². The van der Waals surface area contributed by atoms with Gasteiger partial charge in [-0.15, -0.1) is 11.3 Å². The molecule has 138 valence electrons. The van der Waals surface area contributed by atoms with Crippen LogP contribution in [0.5, 0.6) is 0 Å². The van der Waals surface area contributed by atoms with Crippen molar-refractivity contribution >= 4 is 32.9 Å². The molecule has 0 aliphatic carbocycles. The van der Waals surface area contributed by atoms with E-state index in [1.54, 1.807) is 11.3 Å². The van der Waals surface area contributed by atoms with E-state index in [9.17, 15) is 9.90 Å². The Kier molecular flexibility index (Phi) is 3.91. The van der Waals surface area contributed by atoms with E-state index >= 15 is 0 Å². The van der Waals surface area contributed by atoms with Crippen LogP contribution in [0.15, 0.2) is 65.5 Å². The number of thiophene rings is 1. The molecule has 4 aromatic rings. The molecule has 0 fully saturated rings. The van der Waals surface area contributed by atoms with Gasteiger partial charge in [-0.3, -0.25) is 4.79 Å². The molecule has 0 amide bonds. The van der Waals surface area contributed by atoms with E-state index in [4.69, 9.17) is 0 Å². The van der Waals surface area contributed by atoms with Crippen LogP contribution in [-0.4, -0.2) is 14.7 Å². The molecule has 1 aliphatic heterocycles. The number of aryl methyl sites for hydroxylation is 1. The van der Waals surface area contributed by atoms with Crippen LogP contribution in [0.1, 0.15) is 34.3 Å². The summed E-state index contributed by atoms with van der Waals surface area (Å²) in [6, 6.07) is 19.3. The quantitative estimate of drug-likeness (QED) is 0.441. The summed E-state index contributed by atoms with van der Waals surface area (Å²) in [5.41, 5.74) is 3.09. The van der Waals surface area contributed by atoms with Crippen LogP contribution in [0.3, 0.4) is 0 Å². The van der Waals surface area contributed by atoms with Crippen LogP contribution in [0.2, 0.25) is 0 Å². The van der Waals surface area contributed by atoms with Gasteiger partial charge >= 0.3 is 0 Å². The molecule has 0 saturated carbocycles. The molecule has 3 heterocycles. The third-order valence-corrected chi connectivity index (χ3v) is 6.48. The molecule has 4 nitrogen and oxygen atoms in total. The van der Waals surface area contributed by atoms with Crippen molar-refractivity contribution in [3.8, 4) is 0 Å². The predicted octanol–water partition coefficient (Wildman–Crippen LogP) is 4.86. The van der Waals surface area contributed by atoms with Crippen molar-refractivity contribution in [1.82, 2.24) is 9.55 Å². The van der Waals surface area contributed by atoms with Crippen molar-refractivity contribution in [3.63, 3.8) is 0 Å². The second-order valence-electron chi connectivity index (χ2n) is 6.86. The number of fused-ring (bicyclic) bond motifs is 4. The largest absolute Gasteiger partial charge is 0.507 e. The monoisotopic (exact) mass is 386 g/mol. The molecule has 0 radical (unpaired) electrons. The van der Waals surface area contributed by atoms with Gasteiger partial charge in [-0.1, -0.05) is 61.5 Å². The highest BCUT2D eigenvalue weighted by Crippen LogP contribution is 2.38. The van der Waals surface area contributed by atoms with Gasteiger partial charge in [-0.2, -0.15) is 4.98 Å². The molecule has 0 saturated heterocycles. The molecule has 28 heavy (non-hydrogen) atoms. The summed E-state index contributed by atoms with van der Waals surface area (Å²) in [7, 11) is 0. The Morgan fingerprint density at radius 1 is 1.14 bits per heavy atom. The van der Waals surface area contributed by atoms with Crippen LogP contribution < -0.4 is 5.56 Å². The lowest BCUT2D eigenvalue weighted by atomic mass is 9.92. The van der Waals surface area contributed by atoms with E-state index in [1.165, 1.54) is 0 Å². The molecule has 2 aromatic carbocycles. The summed E-state index contributed by atoms with van der Waals surface area (Å²) in [4.78, 5) is 19.3. The molecule has 0 spiro atoms. The number of benzene rings is 2. The summed E-state index contributed by atoms with van der Waals surface area (Å²) in [6.45, 7) is 2.71. The first kappa shape index (κ1) is 17.0. The number of aromatic nitrogens is 2. The minimum atomic E-state index is -0.241. The minimum Gasteiger partial charge on any atom is -0.507 e. The van der Waals surface area contributed by atoms with Gasteiger partial charge in [0.1, 0.15) is 16.4 Å². The minimum absolute atomic E-state index is 0.139. The van der Waals surface area contributed by atoms with Crippen LogP contribution >= 0.6 is 11.3 Å². The molecule has 0 bridgehead atoms. The Labute approximate surface area is 166 Å². The molecular formula is C23H18N2O2S. The number of hydrogen-bond donors (Lipinski definition) is 1. The highest BCUT2D eigenvalue weighted by atomic mass is 32.1. The van der Waals surface area contributed by atoms with E-state index < -0.39 is 0 Å². The van der Waals surface area contributed by atoms with E-state index in [1.807, 2.05) is 54.6 Å². The van der Waals surface area contributed by atoms with Gasteiger partial charge in [0.15, 0.2) is 0 Å². The molecule has 2 aromatic heterocycles. The third-order valence-electron chi connectivity index (χ3n) is 5.17. The zero-order valence-corrected chi connectivity index (χ0v) is 16.2. The molecular weight excluding hydrogens is 368 g/mol. The summed E-state index contributed by atoms with van der Waals surface area (Å²) < 4.78 is 2.07. The molecule has 5 heteroatoms. The Morgan fingerprint density at radius 3 is 2.68 bits per heavy atom. The molecule has 0 atom stereocenters. The SMILES string of the molecule is CCc1cc2c(=O)nc3n(c2s1)Cc1ccccc1C3=C(O)c1ccccc1. The maximum Gasteiger partial charge on any atom is 0.281 e. The second-order valence-corrected chi connectivity index (χ2v) is 7.97. The third kappa shape index (κ3) is 2.51. The number of nitrogens with zero attached hydrogens (tertiary/aromatic N) is 2. The first-order valence-electron chi connectivity index (χ1n) is 9.28. The van der Waals surface area contributed by atoms with E-state index in [-0.39, 0.29) is 11.3 Å². The number of aliphatic hydroxyl groups excluding tert-OH is 1. The zero-order chi connectivity index (χ0) is 19.3. The van der Waals surface area contributed by atoms with Crippen molar-refractivity contribution in [3.05, 3.63) is 98.4 Å². The van der Waals surface area contributed by atoms with Gasteiger partial charge in [0.2, 0.25) is 0 Å². The second kappa shape index (κ2) is 6.46. The first-order valence-corrected chi connectivity index (χ1v) is 10.1. The summed E-state index contributed by atoms with van der Waals surface area (Å²) >= 11 is 1.63. The topological polar surface area (TPSA) is 55.1 Å². The van der Waals surface area contributed by atoms with Crippen molar-refractivity contribution in [2.75, 3.05) is 0 Å². The fourth-order valence-corrected chi connectivity index (χ4v) is 4.86. The van der Waals surface area contributed by atoms with E-state index in [2.05, 4.69) is 22.5 Å². The van der Waals surface area contributed by atoms with Gasteiger partial charge in [-0.25, -0.2) is 0 Å². The van der Waals surface area contributed by atoms with Crippen LogP contribution in [0.4, 0.5) is 0 Å². The van der Waals surface area contributed by atoms with Crippen LogP contribution in [0.25, 0.3) is 21.5 Å². The molecule has 5 rings (SSSR count). The smallest absolute Gasteiger partial charge is 0.281 e. The van der Waals surface area contributed by atoms with Crippen LogP contribution in [0, 0.1) is 0 Å². The fourth-order valence-electron chi connectivity index (χ4n) is 3.78. The van der Waals surface area contributed by atoms with Gasteiger partial charge in [0.25, 0.3) is 5.56 Å². The number of rotatable bonds is 2. The number of aliphatic hydroxyl groups is 1. The zero-order valence-electron chi connectivity index (χ0n) is 15.3. The lowest BCUT2D eigenvalue weighted by molar-refractivity contribution is 0.512. The van der Waals surface area contributed by atoms with E-state index in [0.29, 0.717) is 28.9 Å². The fraction of sp³-hybridized carbons (Fsp3) is 0.130. The highest BCUT2D eigenvalue weighted by molar-refractivity contribution is 7.18. The first-order chi connectivity index (χ1) is 13.7. The summed E-state index contributed by atoms with van der Waals surface area (Å²) in [5.74, 6) is 0.669. The van der Waals surface area contributed by atoms with Crippen molar-refractivity contribution < 1.29 is 5.11 Å². The molecule has 1 aliphatic rings. The average Bonchev–Trinajstić information content (AvgIpc) is 3.18. The summed E-state index contributed by atoms with van der Waals surface area (Å²) in [6.07, 6.45) is 0.878. The van der Waals surface area contributed by atoms with Gasteiger partial charge in [0, 0.05) is 10.4 Å². The normalized spacial score (nSPS) is 14.6. The Morgan fingerprint density at radius 2 is 1.89 bits per heavy atom. The maximum atomic E-state index is 12.8. The van der Waals surface area contributed by atoms with Crippen molar-refractivity contribution in [2.24, 2.45) is 0 Å². The van der Waals surface area contributed by atoms with Crippen molar-refractivity contribution in [2.45, 2.75) is 19.9 Å².